The maximum absolute atomic E-state index is 14.0. The number of carboxylic acids is 1. The van der Waals surface area contributed by atoms with E-state index in [1.54, 1.807) is 42.5 Å². The zero-order valence-corrected chi connectivity index (χ0v) is 22.4. The predicted octanol–water partition coefficient (Wildman–Crippen LogP) is 4.00. The highest BCUT2D eigenvalue weighted by molar-refractivity contribution is 6.32. The first-order chi connectivity index (χ1) is 18.7. The normalized spacial score (nSPS) is 15.9. The minimum atomic E-state index is -1.34. The van der Waals surface area contributed by atoms with E-state index >= 15 is 0 Å². The number of hydrogen-bond donors (Lipinski definition) is 2. The minimum absolute atomic E-state index is 0.0210. The smallest absolute Gasteiger partial charge is 0.305 e. The zero-order valence-electron chi connectivity index (χ0n) is 21.6. The largest absolute Gasteiger partial charge is 0.481 e. The Hall–Kier alpha value is -4.24. The van der Waals surface area contributed by atoms with Crippen molar-refractivity contribution in [1.82, 2.24) is 20.1 Å². The molecule has 1 saturated heterocycles. The van der Waals surface area contributed by atoms with Crippen LogP contribution in [0.3, 0.4) is 0 Å². The molecule has 0 radical (unpaired) electrons. The first kappa shape index (κ1) is 27.8. The number of aliphatic carboxylic acids is 1. The van der Waals surface area contributed by atoms with Crippen molar-refractivity contribution >= 4 is 35.3 Å². The van der Waals surface area contributed by atoms with Gasteiger partial charge >= 0.3 is 5.97 Å². The molecule has 202 valence electrons. The van der Waals surface area contributed by atoms with Gasteiger partial charge in [-0.3, -0.25) is 19.2 Å². The maximum Gasteiger partial charge on any atom is 0.305 e. The third-order valence-electron chi connectivity index (χ3n) is 6.54. The summed E-state index contributed by atoms with van der Waals surface area (Å²) in [5.74, 6) is -2.75. The number of halogens is 1. The lowest BCUT2D eigenvalue weighted by Gasteiger charge is -2.43. The van der Waals surface area contributed by atoms with Gasteiger partial charge in [0.2, 0.25) is 0 Å². The molecule has 2 atom stereocenters. The van der Waals surface area contributed by atoms with Crippen LogP contribution < -0.4 is 5.32 Å². The van der Waals surface area contributed by atoms with Crippen molar-refractivity contribution in [2.75, 3.05) is 13.1 Å². The van der Waals surface area contributed by atoms with E-state index in [4.69, 9.17) is 11.6 Å². The highest BCUT2D eigenvalue weighted by atomic mass is 35.5. The summed E-state index contributed by atoms with van der Waals surface area (Å²) in [5.41, 5.74) is 2.85. The van der Waals surface area contributed by atoms with Gasteiger partial charge in [0.1, 0.15) is 5.15 Å². The topological polar surface area (TPSA) is 120 Å². The molecule has 1 aromatic heterocycles. The molecule has 2 aromatic carbocycles. The van der Waals surface area contributed by atoms with Crippen LogP contribution in [-0.2, 0) is 9.59 Å². The van der Waals surface area contributed by atoms with Crippen LogP contribution in [0.15, 0.2) is 66.9 Å². The van der Waals surface area contributed by atoms with Crippen molar-refractivity contribution in [3.8, 4) is 0 Å². The zero-order chi connectivity index (χ0) is 28.1. The van der Waals surface area contributed by atoms with Crippen LogP contribution in [0.5, 0.6) is 0 Å². The Balaban J connectivity index is 1.74. The van der Waals surface area contributed by atoms with Crippen LogP contribution in [0.4, 0.5) is 0 Å². The molecule has 1 aliphatic heterocycles. The number of benzene rings is 2. The molecule has 9 nitrogen and oxygen atoms in total. The first-order valence-electron chi connectivity index (χ1n) is 12.5. The highest BCUT2D eigenvalue weighted by Gasteiger charge is 2.42. The van der Waals surface area contributed by atoms with Crippen molar-refractivity contribution in [2.24, 2.45) is 0 Å². The Morgan fingerprint density at radius 2 is 1.64 bits per heavy atom. The fourth-order valence-electron chi connectivity index (χ4n) is 4.74. The predicted molar refractivity (Wildman–Crippen MR) is 145 cm³/mol. The van der Waals surface area contributed by atoms with Crippen molar-refractivity contribution in [2.45, 2.75) is 38.9 Å². The van der Waals surface area contributed by atoms with Crippen LogP contribution in [-0.4, -0.2) is 62.8 Å². The number of carbonyl (C=O) groups excluding carboxylic acids is 3. The molecule has 1 aliphatic rings. The van der Waals surface area contributed by atoms with Crippen molar-refractivity contribution in [3.05, 3.63) is 99.8 Å². The van der Waals surface area contributed by atoms with Gasteiger partial charge in [-0.1, -0.05) is 59.1 Å². The quantitative estimate of drug-likeness (QED) is 0.431. The van der Waals surface area contributed by atoms with Gasteiger partial charge < -0.3 is 20.2 Å². The summed E-state index contributed by atoms with van der Waals surface area (Å²) in [5, 5.41) is 12.4. The van der Waals surface area contributed by atoms with Gasteiger partial charge in [-0.15, -0.1) is 0 Å². The lowest BCUT2D eigenvalue weighted by Crippen LogP contribution is -2.63. The highest BCUT2D eigenvalue weighted by Crippen LogP contribution is 2.25. The first-order valence-corrected chi connectivity index (χ1v) is 12.9. The van der Waals surface area contributed by atoms with Crippen LogP contribution in [0, 0.1) is 13.8 Å². The monoisotopic (exact) mass is 548 g/mol. The summed E-state index contributed by atoms with van der Waals surface area (Å²) < 4.78 is 0. The summed E-state index contributed by atoms with van der Waals surface area (Å²) in [6.07, 6.45) is 0.166. The third kappa shape index (κ3) is 6.43. The molecule has 0 saturated carbocycles. The number of nitrogens with one attached hydrogen (secondary N) is 1. The van der Waals surface area contributed by atoms with E-state index in [1.807, 2.05) is 26.0 Å². The molecule has 0 spiro atoms. The van der Waals surface area contributed by atoms with Gasteiger partial charge in [-0.2, -0.15) is 0 Å². The number of aryl methyl sites for hydroxylation is 2. The number of carboxylic acid groups (broad SMARTS) is 1. The Morgan fingerprint density at radius 3 is 2.28 bits per heavy atom. The fourth-order valence-corrected chi connectivity index (χ4v) is 4.94. The van der Waals surface area contributed by atoms with Crippen LogP contribution in [0.1, 0.15) is 56.3 Å². The second-order valence-corrected chi connectivity index (χ2v) is 9.87. The summed E-state index contributed by atoms with van der Waals surface area (Å²) in [6.45, 7) is 4.14. The molecule has 39 heavy (non-hydrogen) atoms. The van der Waals surface area contributed by atoms with Gasteiger partial charge in [0.05, 0.1) is 18.0 Å². The average molecular weight is 549 g/mol. The lowest BCUT2D eigenvalue weighted by atomic mass is 10.0. The van der Waals surface area contributed by atoms with E-state index in [9.17, 15) is 24.3 Å². The van der Waals surface area contributed by atoms with E-state index in [0.29, 0.717) is 17.5 Å². The molecule has 3 aromatic rings. The molecule has 10 heteroatoms. The molecule has 0 bridgehead atoms. The SMILES string of the molecule is Cc1cccc(C(=O)N2CCCN(C(=O)c3cccnc3Cl)C2C(=O)NC(CC(=O)O)c2cccc(C)c2)c1. The molecule has 2 unspecified atom stereocenters. The maximum atomic E-state index is 14.0. The number of carbonyl (C=O) groups is 4. The molecular weight excluding hydrogens is 520 g/mol. The number of rotatable bonds is 7. The van der Waals surface area contributed by atoms with E-state index < -0.39 is 35.9 Å². The Labute approximate surface area is 231 Å². The average Bonchev–Trinajstić information content (AvgIpc) is 2.91. The van der Waals surface area contributed by atoms with Gasteiger partial charge in [-0.05, 0) is 50.1 Å². The summed E-state index contributed by atoms with van der Waals surface area (Å²) >= 11 is 6.21. The number of hydrogen-bond acceptors (Lipinski definition) is 5. The fraction of sp³-hybridized carbons (Fsp3) is 0.276. The standard InChI is InChI=1S/C29H29ClN4O5/c1-18-7-3-9-20(15-18)23(17-24(35)36)32-26(37)27-33(28(38)21-10-4-8-19(2)16-21)13-6-14-34(27)29(39)22-11-5-12-31-25(22)30/h3-5,7-12,15-16,23,27H,6,13-14,17H2,1-2H3,(H,32,37)(H,35,36). The second-order valence-electron chi connectivity index (χ2n) is 9.51. The van der Waals surface area contributed by atoms with Gasteiger partial charge in [-0.25, -0.2) is 4.98 Å². The summed E-state index contributed by atoms with van der Waals surface area (Å²) in [7, 11) is 0. The number of pyridine rings is 1. The van der Waals surface area contributed by atoms with E-state index in [1.165, 1.54) is 22.1 Å². The van der Waals surface area contributed by atoms with Crippen molar-refractivity contribution < 1.29 is 24.3 Å². The van der Waals surface area contributed by atoms with E-state index in [-0.39, 0.29) is 30.2 Å². The third-order valence-corrected chi connectivity index (χ3v) is 6.84. The molecule has 2 N–H and O–H groups in total. The molecule has 3 amide bonds. The Bertz CT molecular complexity index is 1410. The van der Waals surface area contributed by atoms with Crippen LogP contribution in [0.2, 0.25) is 5.15 Å². The second kappa shape index (κ2) is 12.1. The van der Waals surface area contributed by atoms with E-state index in [2.05, 4.69) is 10.3 Å². The minimum Gasteiger partial charge on any atom is -0.481 e. The molecule has 1 fully saturated rings. The van der Waals surface area contributed by atoms with E-state index in [0.717, 1.165) is 11.1 Å². The molecular formula is C29H29ClN4O5. The summed E-state index contributed by atoms with van der Waals surface area (Å²) in [6, 6.07) is 16.3. The summed E-state index contributed by atoms with van der Waals surface area (Å²) in [4.78, 5) is 59.6. The Morgan fingerprint density at radius 1 is 0.974 bits per heavy atom. The van der Waals surface area contributed by atoms with Gasteiger partial charge in [0, 0.05) is 24.8 Å². The van der Waals surface area contributed by atoms with Crippen molar-refractivity contribution in [3.63, 3.8) is 0 Å². The van der Waals surface area contributed by atoms with Crippen molar-refractivity contribution in [1.29, 1.82) is 0 Å². The van der Waals surface area contributed by atoms with Crippen LogP contribution >= 0.6 is 11.6 Å². The molecule has 0 aliphatic carbocycles. The van der Waals surface area contributed by atoms with Gasteiger partial charge in [0.25, 0.3) is 17.7 Å². The van der Waals surface area contributed by atoms with Crippen LogP contribution in [0.25, 0.3) is 0 Å². The lowest BCUT2D eigenvalue weighted by molar-refractivity contribution is -0.138. The molecule has 2 heterocycles. The Kier molecular flexibility index (Phi) is 8.61. The molecule has 4 rings (SSSR count). The number of aromatic nitrogens is 1. The number of nitrogens with zero attached hydrogens (tertiary/aromatic N) is 3. The number of amides is 3. The van der Waals surface area contributed by atoms with Gasteiger partial charge in [0.15, 0.2) is 6.17 Å².